The van der Waals surface area contributed by atoms with Crippen LogP contribution in [0.15, 0.2) is 18.2 Å². The third kappa shape index (κ3) is 1.90. The van der Waals surface area contributed by atoms with Crippen LogP contribution >= 0.6 is 23.2 Å². The van der Waals surface area contributed by atoms with Crippen molar-refractivity contribution in [1.29, 1.82) is 0 Å². The molecule has 1 nitrogen and oxygen atoms in total. The Bertz CT molecular complexity index is 450. The Hall–Kier alpha value is -0.530. The maximum atomic E-state index is 11.9. The third-order valence-electron chi connectivity index (χ3n) is 4.22. The fourth-order valence-corrected chi connectivity index (χ4v) is 3.26. The molecular formula is C14H16Cl2O. The number of carbonyl (C=O) groups is 1. The van der Waals surface area contributed by atoms with Gasteiger partial charge in [0, 0.05) is 17.8 Å². The highest BCUT2D eigenvalue weighted by molar-refractivity contribution is 6.42. The first-order valence-corrected chi connectivity index (χ1v) is 6.79. The normalized spacial score (nSPS) is 22.4. The SMILES string of the molecule is CCC1(CC)C(=O)CC1c1ccc(Cl)c(Cl)c1. The van der Waals surface area contributed by atoms with Crippen molar-refractivity contribution in [3.05, 3.63) is 33.8 Å². The number of hydrogen-bond donors (Lipinski definition) is 0. The summed E-state index contributed by atoms with van der Waals surface area (Å²) in [6.45, 7) is 4.18. The molecule has 0 heterocycles. The quantitative estimate of drug-likeness (QED) is 0.767. The lowest BCUT2D eigenvalue weighted by Gasteiger charge is -2.47. The predicted octanol–water partition coefficient (Wildman–Crippen LogP) is 4.86. The second-order valence-electron chi connectivity index (χ2n) is 4.72. The molecule has 1 aromatic rings. The predicted molar refractivity (Wildman–Crippen MR) is 71.8 cm³/mol. The first-order chi connectivity index (χ1) is 8.05. The van der Waals surface area contributed by atoms with E-state index in [0.717, 1.165) is 18.4 Å². The van der Waals surface area contributed by atoms with Crippen LogP contribution in [0, 0.1) is 5.41 Å². The van der Waals surface area contributed by atoms with Gasteiger partial charge in [-0.2, -0.15) is 0 Å². The van der Waals surface area contributed by atoms with E-state index in [1.165, 1.54) is 0 Å². The van der Waals surface area contributed by atoms with Gasteiger partial charge in [0.15, 0.2) is 0 Å². The molecule has 17 heavy (non-hydrogen) atoms. The highest BCUT2D eigenvalue weighted by Gasteiger charge is 2.52. The van der Waals surface area contributed by atoms with Crippen molar-refractivity contribution in [2.45, 2.75) is 39.0 Å². The highest BCUT2D eigenvalue weighted by atomic mass is 35.5. The molecule has 0 N–H and O–H groups in total. The largest absolute Gasteiger partial charge is 0.299 e. The number of benzene rings is 1. The molecular weight excluding hydrogens is 255 g/mol. The van der Waals surface area contributed by atoms with Crippen LogP contribution in [0.2, 0.25) is 10.0 Å². The molecule has 1 aliphatic rings. The van der Waals surface area contributed by atoms with Gasteiger partial charge in [0.25, 0.3) is 0 Å². The first kappa shape index (κ1) is 12.9. The third-order valence-corrected chi connectivity index (χ3v) is 4.96. The Morgan fingerprint density at radius 3 is 2.35 bits per heavy atom. The Morgan fingerprint density at radius 1 is 1.24 bits per heavy atom. The summed E-state index contributed by atoms with van der Waals surface area (Å²) < 4.78 is 0. The van der Waals surface area contributed by atoms with Crippen molar-refractivity contribution < 1.29 is 4.79 Å². The number of Topliss-reactive ketones (excluding diaryl/α,β-unsaturated/α-hetero) is 1. The van der Waals surface area contributed by atoms with Crippen LogP contribution in [0.25, 0.3) is 0 Å². The van der Waals surface area contributed by atoms with E-state index in [9.17, 15) is 4.79 Å². The van der Waals surface area contributed by atoms with Gasteiger partial charge in [-0.1, -0.05) is 43.1 Å². The van der Waals surface area contributed by atoms with E-state index in [4.69, 9.17) is 23.2 Å². The first-order valence-electron chi connectivity index (χ1n) is 6.03. The van der Waals surface area contributed by atoms with Crippen molar-refractivity contribution in [3.63, 3.8) is 0 Å². The Balaban J connectivity index is 2.35. The van der Waals surface area contributed by atoms with Gasteiger partial charge in [-0.15, -0.1) is 0 Å². The monoisotopic (exact) mass is 270 g/mol. The maximum absolute atomic E-state index is 11.9. The van der Waals surface area contributed by atoms with Crippen LogP contribution in [-0.2, 0) is 4.79 Å². The number of hydrogen-bond acceptors (Lipinski definition) is 1. The lowest BCUT2D eigenvalue weighted by molar-refractivity contribution is -0.141. The molecule has 1 aromatic carbocycles. The summed E-state index contributed by atoms with van der Waals surface area (Å²) in [6, 6.07) is 5.71. The van der Waals surface area contributed by atoms with Gasteiger partial charge >= 0.3 is 0 Å². The van der Waals surface area contributed by atoms with Gasteiger partial charge in [-0.3, -0.25) is 4.79 Å². The number of ketones is 1. The van der Waals surface area contributed by atoms with E-state index in [0.29, 0.717) is 28.2 Å². The van der Waals surface area contributed by atoms with Crippen LogP contribution in [-0.4, -0.2) is 5.78 Å². The molecule has 0 spiro atoms. The Labute approximate surface area is 112 Å². The van der Waals surface area contributed by atoms with Crippen LogP contribution < -0.4 is 0 Å². The lowest BCUT2D eigenvalue weighted by Crippen LogP contribution is -2.47. The van der Waals surface area contributed by atoms with Gasteiger partial charge in [-0.05, 0) is 30.5 Å². The molecule has 1 atom stereocenters. The second-order valence-corrected chi connectivity index (χ2v) is 5.53. The molecule has 0 radical (unpaired) electrons. The van der Waals surface area contributed by atoms with E-state index < -0.39 is 0 Å². The zero-order valence-corrected chi connectivity index (χ0v) is 11.6. The van der Waals surface area contributed by atoms with Crippen LogP contribution in [0.5, 0.6) is 0 Å². The molecule has 1 aliphatic carbocycles. The van der Waals surface area contributed by atoms with Crippen molar-refractivity contribution in [2.75, 3.05) is 0 Å². The van der Waals surface area contributed by atoms with Crippen LogP contribution in [0.3, 0.4) is 0 Å². The van der Waals surface area contributed by atoms with E-state index in [-0.39, 0.29) is 5.41 Å². The minimum absolute atomic E-state index is 0.169. The van der Waals surface area contributed by atoms with Crippen LogP contribution in [0.4, 0.5) is 0 Å². The number of halogens is 2. The standard InChI is InChI=1S/C14H16Cl2O/c1-3-14(4-2)10(8-13(14)17)9-5-6-11(15)12(16)7-9/h5-7,10H,3-4,8H2,1-2H3. The molecule has 1 unspecified atom stereocenters. The molecule has 2 rings (SSSR count). The molecule has 3 heteroatoms. The summed E-state index contributed by atoms with van der Waals surface area (Å²) in [5.74, 6) is 0.693. The average Bonchev–Trinajstić information content (AvgIpc) is 2.32. The summed E-state index contributed by atoms with van der Waals surface area (Å²) in [6.07, 6.45) is 2.43. The van der Waals surface area contributed by atoms with Crippen molar-refractivity contribution in [3.8, 4) is 0 Å². The highest BCUT2D eigenvalue weighted by Crippen LogP contribution is 2.54. The smallest absolute Gasteiger partial charge is 0.140 e. The Kier molecular flexibility index (Phi) is 3.51. The van der Waals surface area contributed by atoms with Gasteiger partial charge in [0.2, 0.25) is 0 Å². The molecule has 1 fully saturated rings. The van der Waals surface area contributed by atoms with Crippen molar-refractivity contribution in [2.24, 2.45) is 5.41 Å². The minimum atomic E-state index is -0.169. The molecule has 0 aromatic heterocycles. The summed E-state index contributed by atoms with van der Waals surface area (Å²) in [7, 11) is 0. The van der Waals surface area contributed by atoms with E-state index in [1.54, 1.807) is 0 Å². The number of rotatable bonds is 3. The van der Waals surface area contributed by atoms with Gasteiger partial charge in [0.05, 0.1) is 10.0 Å². The average molecular weight is 271 g/mol. The number of carbonyl (C=O) groups excluding carboxylic acids is 1. The van der Waals surface area contributed by atoms with Crippen LogP contribution in [0.1, 0.15) is 44.6 Å². The van der Waals surface area contributed by atoms with E-state index in [1.807, 2.05) is 18.2 Å². The van der Waals surface area contributed by atoms with E-state index >= 15 is 0 Å². The lowest BCUT2D eigenvalue weighted by atomic mass is 9.54. The molecule has 0 saturated heterocycles. The Morgan fingerprint density at radius 2 is 1.88 bits per heavy atom. The summed E-state index contributed by atoms with van der Waals surface area (Å²) in [5, 5.41) is 1.14. The fraction of sp³-hybridized carbons (Fsp3) is 0.500. The molecule has 92 valence electrons. The molecule has 0 amide bonds. The van der Waals surface area contributed by atoms with Gasteiger partial charge in [-0.25, -0.2) is 0 Å². The second kappa shape index (κ2) is 4.62. The zero-order valence-electron chi connectivity index (χ0n) is 10.1. The molecule has 1 saturated carbocycles. The van der Waals surface area contributed by atoms with Gasteiger partial charge < -0.3 is 0 Å². The van der Waals surface area contributed by atoms with Crippen molar-refractivity contribution in [1.82, 2.24) is 0 Å². The molecule has 0 aliphatic heterocycles. The van der Waals surface area contributed by atoms with E-state index in [2.05, 4.69) is 13.8 Å². The van der Waals surface area contributed by atoms with Gasteiger partial charge in [0.1, 0.15) is 5.78 Å². The summed E-state index contributed by atoms with van der Waals surface area (Å²) in [4.78, 5) is 11.9. The zero-order chi connectivity index (χ0) is 12.6. The topological polar surface area (TPSA) is 17.1 Å². The molecule has 0 bridgehead atoms. The summed E-state index contributed by atoms with van der Waals surface area (Å²) in [5.41, 5.74) is 0.972. The maximum Gasteiger partial charge on any atom is 0.140 e. The van der Waals surface area contributed by atoms with Crippen molar-refractivity contribution >= 4 is 29.0 Å². The fourth-order valence-electron chi connectivity index (χ4n) is 2.95. The minimum Gasteiger partial charge on any atom is -0.299 e. The summed E-state index contributed by atoms with van der Waals surface area (Å²) >= 11 is 12.0.